The zero-order valence-corrected chi connectivity index (χ0v) is 7.95. The first-order valence-corrected chi connectivity index (χ1v) is 5.57. The first kappa shape index (κ1) is 8.07. The monoisotopic (exact) mass is 200 g/mol. The summed E-state index contributed by atoms with van der Waals surface area (Å²) in [4.78, 5) is 14.7. The number of nitrogens with one attached hydrogen (secondary N) is 1. The number of rotatable bonds is 3. The van der Waals surface area contributed by atoms with Crippen LogP contribution >= 0.6 is 23.1 Å². The lowest BCUT2D eigenvalue weighted by molar-refractivity contribution is -0.126. The number of carbonyl (C=O) groups excluding carboxylic acids is 1. The minimum Gasteiger partial charge on any atom is -0.344 e. The van der Waals surface area contributed by atoms with Crippen molar-refractivity contribution in [3.63, 3.8) is 0 Å². The van der Waals surface area contributed by atoms with Crippen molar-refractivity contribution in [3.8, 4) is 0 Å². The minimum atomic E-state index is 0.159. The van der Waals surface area contributed by atoms with E-state index >= 15 is 0 Å². The number of nitrogens with zero attached hydrogens (tertiary/aromatic N) is 1. The van der Waals surface area contributed by atoms with E-state index in [4.69, 9.17) is 0 Å². The number of thiazole rings is 1. The molecule has 1 amide bonds. The number of thioether (sulfide) groups is 1. The van der Waals surface area contributed by atoms with E-state index < -0.39 is 0 Å². The van der Waals surface area contributed by atoms with E-state index in [1.165, 1.54) is 0 Å². The Bertz CT molecular complexity index is 265. The Morgan fingerprint density at radius 1 is 1.83 bits per heavy atom. The Morgan fingerprint density at radius 3 is 3.25 bits per heavy atom. The standard InChI is InChI=1S/C7H8N2OS2/c10-5-3-6(9-5)12-4-7-8-1-2-11-7/h1-2,6H,3-4H2,(H,9,10). The molecule has 1 saturated heterocycles. The number of amides is 1. The summed E-state index contributed by atoms with van der Waals surface area (Å²) in [6.07, 6.45) is 2.47. The minimum absolute atomic E-state index is 0.159. The van der Waals surface area contributed by atoms with Crippen LogP contribution in [-0.2, 0) is 10.5 Å². The van der Waals surface area contributed by atoms with Gasteiger partial charge in [0.2, 0.25) is 5.91 Å². The van der Waals surface area contributed by atoms with Gasteiger partial charge in [-0.25, -0.2) is 4.98 Å². The van der Waals surface area contributed by atoms with Gasteiger partial charge in [-0.1, -0.05) is 0 Å². The zero-order chi connectivity index (χ0) is 8.39. The van der Waals surface area contributed by atoms with E-state index in [1.54, 1.807) is 29.3 Å². The van der Waals surface area contributed by atoms with Crippen molar-refractivity contribution >= 4 is 29.0 Å². The topological polar surface area (TPSA) is 42.0 Å². The van der Waals surface area contributed by atoms with Crippen LogP contribution in [-0.4, -0.2) is 16.3 Å². The second kappa shape index (κ2) is 3.45. The maximum Gasteiger partial charge on any atom is 0.223 e. The van der Waals surface area contributed by atoms with Crippen molar-refractivity contribution in [1.29, 1.82) is 0 Å². The Kier molecular flexibility index (Phi) is 2.32. The normalized spacial score (nSPS) is 21.7. The fourth-order valence-electron chi connectivity index (χ4n) is 0.924. The average Bonchev–Trinajstić information content (AvgIpc) is 2.47. The molecule has 5 heteroatoms. The second-order valence-corrected chi connectivity index (χ2v) is 4.67. The first-order chi connectivity index (χ1) is 5.84. The summed E-state index contributed by atoms with van der Waals surface area (Å²) in [7, 11) is 0. The van der Waals surface area contributed by atoms with Gasteiger partial charge in [0, 0.05) is 17.3 Å². The quantitative estimate of drug-likeness (QED) is 0.746. The molecule has 1 atom stereocenters. The van der Waals surface area contributed by atoms with Crippen LogP contribution in [0.15, 0.2) is 11.6 Å². The maximum absolute atomic E-state index is 10.5. The fraction of sp³-hybridized carbons (Fsp3) is 0.429. The molecule has 2 rings (SSSR count). The number of carbonyl (C=O) groups is 1. The lowest BCUT2D eigenvalue weighted by Crippen LogP contribution is -2.46. The van der Waals surface area contributed by atoms with Gasteiger partial charge < -0.3 is 5.32 Å². The van der Waals surface area contributed by atoms with Crippen molar-refractivity contribution in [2.75, 3.05) is 0 Å². The fourth-order valence-corrected chi connectivity index (χ4v) is 2.70. The van der Waals surface area contributed by atoms with E-state index in [0.29, 0.717) is 11.8 Å². The molecule has 12 heavy (non-hydrogen) atoms. The molecule has 1 aromatic heterocycles. The highest BCUT2D eigenvalue weighted by Crippen LogP contribution is 2.23. The molecule has 0 aromatic carbocycles. The Labute approximate surface area is 78.6 Å². The summed E-state index contributed by atoms with van der Waals surface area (Å²) >= 11 is 3.40. The van der Waals surface area contributed by atoms with E-state index in [9.17, 15) is 4.79 Å². The van der Waals surface area contributed by atoms with Crippen LogP contribution in [0.1, 0.15) is 11.4 Å². The van der Waals surface area contributed by atoms with Gasteiger partial charge in [-0.15, -0.1) is 23.1 Å². The Hall–Kier alpha value is -0.550. The molecule has 1 aliphatic heterocycles. The molecule has 1 aromatic rings. The molecule has 1 unspecified atom stereocenters. The Morgan fingerprint density at radius 2 is 2.67 bits per heavy atom. The highest BCUT2D eigenvalue weighted by Gasteiger charge is 2.25. The van der Waals surface area contributed by atoms with Crippen LogP contribution in [0.25, 0.3) is 0 Å². The van der Waals surface area contributed by atoms with Gasteiger partial charge in [-0.05, 0) is 0 Å². The summed E-state index contributed by atoms with van der Waals surface area (Å²) in [5.41, 5.74) is 0. The van der Waals surface area contributed by atoms with Crippen molar-refractivity contribution in [3.05, 3.63) is 16.6 Å². The van der Waals surface area contributed by atoms with Gasteiger partial charge in [0.15, 0.2) is 0 Å². The van der Waals surface area contributed by atoms with E-state index in [0.717, 1.165) is 10.8 Å². The summed E-state index contributed by atoms with van der Waals surface area (Å²) in [5.74, 6) is 1.06. The molecular formula is C7H8N2OS2. The van der Waals surface area contributed by atoms with Gasteiger partial charge >= 0.3 is 0 Å². The van der Waals surface area contributed by atoms with Crippen LogP contribution in [0.4, 0.5) is 0 Å². The molecule has 2 heterocycles. The highest BCUT2D eigenvalue weighted by atomic mass is 32.2. The first-order valence-electron chi connectivity index (χ1n) is 3.64. The number of hydrogen-bond acceptors (Lipinski definition) is 4. The van der Waals surface area contributed by atoms with Crippen LogP contribution < -0.4 is 5.32 Å². The van der Waals surface area contributed by atoms with Crippen molar-refractivity contribution in [1.82, 2.24) is 10.3 Å². The van der Waals surface area contributed by atoms with Gasteiger partial charge in [0.1, 0.15) is 5.01 Å². The number of hydrogen-bond donors (Lipinski definition) is 1. The van der Waals surface area contributed by atoms with E-state index in [1.807, 2.05) is 5.38 Å². The van der Waals surface area contributed by atoms with Crippen LogP contribution in [0.2, 0.25) is 0 Å². The van der Waals surface area contributed by atoms with E-state index in [-0.39, 0.29) is 5.91 Å². The molecule has 0 radical (unpaired) electrons. The average molecular weight is 200 g/mol. The SMILES string of the molecule is O=C1CC(SCc2nccs2)N1. The Balaban J connectivity index is 1.73. The van der Waals surface area contributed by atoms with Crippen molar-refractivity contribution in [2.24, 2.45) is 0 Å². The van der Waals surface area contributed by atoms with Crippen molar-refractivity contribution < 1.29 is 4.79 Å². The van der Waals surface area contributed by atoms with Gasteiger partial charge in [0.05, 0.1) is 11.8 Å². The molecule has 3 nitrogen and oxygen atoms in total. The van der Waals surface area contributed by atoms with E-state index in [2.05, 4.69) is 10.3 Å². The molecule has 64 valence electrons. The predicted molar refractivity (Wildman–Crippen MR) is 50.0 cm³/mol. The van der Waals surface area contributed by atoms with Crippen LogP contribution in [0.5, 0.6) is 0 Å². The molecule has 1 fully saturated rings. The third-order valence-electron chi connectivity index (χ3n) is 1.58. The smallest absolute Gasteiger partial charge is 0.223 e. The summed E-state index contributed by atoms with van der Waals surface area (Å²) < 4.78 is 0. The van der Waals surface area contributed by atoms with Gasteiger partial charge in [-0.3, -0.25) is 4.79 Å². The lowest BCUT2D eigenvalue weighted by atomic mass is 10.3. The molecular weight excluding hydrogens is 192 g/mol. The molecule has 0 bridgehead atoms. The van der Waals surface area contributed by atoms with Gasteiger partial charge in [0.25, 0.3) is 0 Å². The molecule has 1 N–H and O–H groups in total. The molecule has 0 saturated carbocycles. The predicted octanol–water partition coefficient (Wildman–Crippen LogP) is 1.22. The van der Waals surface area contributed by atoms with Gasteiger partial charge in [-0.2, -0.15) is 0 Å². The third-order valence-corrected chi connectivity index (χ3v) is 3.67. The summed E-state index contributed by atoms with van der Waals surface area (Å²) in [6, 6.07) is 0. The second-order valence-electron chi connectivity index (χ2n) is 2.50. The molecule has 0 aliphatic carbocycles. The summed E-state index contributed by atoms with van der Waals surface area (Å²) in [6.45, 7) is 0. The number of aromatic nitrogens is 1. The third kappa shape index (κ3) is 1.78. The largest absolute Gasteiger partial charge is 0.344 e. The number of β-lactam (4-membered cyclic amide) rings is 1. The van der Waals surface area contributed by atoms with Crippen LogP contribution in [0, 0.1) is 0 Å². The van der Waals surface area contributed by atoms with Crippen LogP contribution in [0.3, 0.4) is 0 Å². The highest BCUT2D eigenvalue weighted by molar-refractivity contribution is 7.99. The lowest BCUT2D eigenvalue weighted by Gasteiger charge is -2.25. The zero-order valence-electron chi connectivity index (χ0n) is 6.32. The van der Waals surface area contributed by atoms with Crippen molar-refractivity contribution in [2.45, 2.75) is 17.5 Å². The molecule has 0 spiro atoms. The maximum atomic E-state index is 10.5. The summed E-state index contributed by atoms with van der Waals surface area (Å²) in [5, 5.41) is 6.22. The molecule has 1 aliphatic rings.